The van der Waals surface area contributed by atoms with Crippen molar-refractivity contribution in [2.75, 3.05) is 33.2 Å². The summed E-state index contributed by atoms with van der Waals surface area (Å²) in [6, 6.07) is 0.953. The molecule has 6 nitrogen and oxygen atoms in total. The van der Waals surface area contributed by atoms with E-state index in [0.29, 0.717) is 12.1 Å². The highest BCUT2D eigenvalue weighted by Gasteiger charge is 2.52. The van der Waals surface area contributed by atoms with E-state index in [0.717, 1.165) is 64.7 Å². The van der Waals surface area contributed by atoms with Crippen LogP contribution in [0.3, 0.4) is 0 Å². The van der Waals surface area contributed by atoms with Crippen LogP contribution >= 0.6 is 0 Å². The Labute approximate surface area is 145 Å². The predicted molar refractivity (Wildman–Crippen MR) is 93.4 cm³/mol. The maximum Gasteiger partial charge on any atom is 0.237 e. The molecule has 6 heteroatoms. The minimum Gasteiger partial charge on any atom is -0.368 e. The van der Waals surface area contributed by atoms with Gasteiger partial charge in [0.2, 0.25) is 11.8 Å². The number of hydrogen-bond acceptors (Lipinski definition) is 4. The van der Waals surface area contributed by atoms with Gasteiger partial charge in [-0.05, 0) is 52.0 Å². The number of amides is 2. The number of likely N-dealkylation sites (N-methyl/N-ethyl adjacent to an activating group) is 1. The molecule has 0 radical (unpaired) electrons. The Bertz CT molecular complexity index is 493. The van der Waals surface area contributed by atoms with Crippen molar-refractivity contribution in [3.8, 4) is 0 Å². The molecule has 3 heterocycles. The first-order valence-corrected chi connectivity index (χ1v) is 9.46. The first-order valence-electron chi connectivity index (χ1n) is 9.46. The summed E-state index contributed by atoms with van der Waals surface area (Å²) in [7, 11) is 2.15. The van der Waals surface area contributed by atoms with Gasteiger partial charge in [-0.1, -0.05) is 0 Å². The minimum absolute atomic E-state index is 0.132. The van der Waals surface area contributed by atoms with Crippen LogP contribution in [0.4, 0.5) is 0 Å². The highest BCUT2D eigenvalue weighted by molar-refractivity contribution is 5.85. The zero-order valence-electron chi connectivity index (χ0n) is 15.2. The molecule has 136 valence electrons. The molecule has 0 aromatic rings. The monoisotopic (exact) mass is 336 g/mol. The Hall–Kier alpha value is -1.14. The molecule has 3 aliphatic heterocycles. The Balaban J connectivity index is 1.58. The number of likely N-dealkylation sites (tertiary alicyclic amines) is 1. The predicted octanol–water partition coefficient (Wildman–Crippen LogP) is 0.802. The normalized spacial score (nSPS) is 33.9. The summed E-state index contributed by atoms with van der Waals surface area (Å²) in [5, 5.41) is 0. The molecule has 0 aromatic heterocycles. The molecule has 2 bridgehead atoms. The van der Waals surface area contributed by atoms with E-state index in [4.69, 9.17) is 5.73 Å². The first kappa shape index (κ1) is 17.7. The summed E-state index contributed by atoms with van der Waals surface area (Å²) in [5.41, 5.74) is 5.40. The molecule has 2 N–H and O–H groups in total. The van der Waals surface area contributed by atoms with Gasteiger partial charge in [-0.2, -0.15) is 0 Å². The van der Waals surface area contributed by atoms with Crippen molar-refractivity contribution in [3.63, 3.8) is 0 Å². The van der Waals surface area contributed by atoms with Gasteiger partial charge in [0.1, 0.15) is 5.54 Å². The topological polar surface area (TPSA) is 69.9 Å². The highest BCUT2D eigenvalue weighted by Crippen LogP contribution is 2.43. The number of carbonyl (C=O) groups excluding carboxylic acids is 2. The molecule has 0 aromatic carbocycles. The van der Waals surface area contributed by atoms with Crippen LogP contribution in [0.5, 0.6) is 0 Å². The summed E-state index contributed by atoms with van der Waals surface area (Å²) < 4.78 is 0. The number of nitrogens with two attached hydrogens (primary N) is 1. The Morgan fingerprint density at radius 2 is 2.00 bits per heavy atom. The summed E-state index contributed by atoms with van der Waals surface area (Å²) >= 11 is 0. The zero-order chi connectivity index (χ0) is 17.3. The van der Waals surface area contributed by atoms with Crippen LogP contribution in [-0.2, 0) is 9.59 Å². The Kier molecular flexibility index (Phi) is 5.16. The van der Waals surface area contributed by atoms with E-state index in [9.17, 15) is 9.59 Å². The largest absolute Gasteiger partial charge is 0.368 e. The number of carbonyl (C=O) groups is 2. The fourth-order valence-electron chi connectivity index (χ4n) is 5.09. The van der Waals surface area contributed by atoms with Crippen LogP contribution in [0, 0.1) is 0 Å². The maximum absolute atomic E-state index is 12.1. The van der Waals surface area contributed by atoms with E-state index < -0.39 is 0 Å². The smallest absolute Gasteiger partial charge is 0.237 e. The van der Waals surface area contributed by atoms with Crippen LogP contribution in [0.1, 0.15) is 51.9 Å². The summed E-state index contributed by atoms with van der Waals surface area (Å²) in [6.45, 7) is 5.21. The summed E-state index contributed by atoms with van der Waals surface area (Å²) in [6.07, 6.45) is 7.49. The van der Waals surface area contributed by atoms with E-state index in [1.165, 1.54) is 6.42 Å². The van der Waals surface area contributed by atoms with E-state index in [2.05, 4.69) is 16.8 Å². The van der Waals surface area contributed by atoms with E-state index in [1.807, 2.05) is 4.90 Å². The number of fused-ring (bicyclic) bond motifs is 2. The standard InChI is InChI=1S/C18H32N4O2/c1-14(23)21-10-4-6-16(13-21)20(2)11-12-22-15-5-3-8-18(22,9-7-15)17(19)24/h15-16H,3-13H2,1-2H3,(H2,19,24)/t15-,16-,18+/m1/s1. The number of hydrogen-bond donors (Lipinski definition) is 1. The Morgan fingerprint density at radius 1 is 1.21 bits per heavy atom. The van der Waals surface area contributed by atoms with E-state index >= 15 is 0 Å². The fraction of sp³-hybridized carbons (Fsp3) is 0.889. The molecule has 0 aliphatic carbocycles. The van der Waals surface area contributed by atoms with Gasteiger partial charge in [-0.15, -0.1) is 0 Å². The van der Waals surface area contributed by atoms with Crippen molar-refractivity contribution in [1.29, 1.82) is 0 Å². The number of primary amides is 1. The zero-order valence-corrected chi connectivity index (χ0v) is 15.2. The molecule has 3 rings (SSSR count). The van der Waals surface area contributed by atoms with Crippen LogP contribution in [0.2, 0.25) is 0 Å². The van der Waals surface area contributed by atoms with Crippen molar-refractivity contribution >= 4 is 11.8 Å². The van der Waals surface area contributed by atoms with Crippen LogP contribution in [0.25, 0.3) is 0 Å². The van der Waals surface area contributed by atoms with Crippen molar-refractivity contribution in [2.45, 2.75) is 69.5 Å². The number of rotatable bonds is 5. The lowest BCUT2D eigenvalue weighted by atomic mass is 9.87. The lowest BCUT2D eigenvalue weighted by Gasteiger charge is -2.44. The number of nitrogens with zero attached hydrogens (tertiary/aromatic N) is 3. The molecule has 24 heavy (non-hydrogen) atoms. The second kappa shape index (κ2) is 7.00. The quantitative estimate of drug-likeness (QED) is 0.806. The van der Waals surface area contributed by atoms with Crippen LogP contribution in [-0.4, -0.2) is 77.4 Å². The van der Waals surface area contributed by atoms with Crippen molar-refractivity contribution < 1.29 is 9.59 Å². The molecular formula is C18H32N4O2. The third kappa shape index (κ3) is 3.18. The second-order valence-electron chi connectivity index (χ2n) is 7.92. The molecule has 0 unspecified atom stereocenters. The van der Waals surface area contributed by atoms with Gasteiger partial charge in [0.05, 0.1) is 0 Å². The second-order valence-corrected chi connectivity index (χ2v) is 7.92. The molecular weight excluding hydrogens is 304 g/mol. The van der Waals surface area contributed by atoms with E-state index in [-0.39, 0.29) is 17.4 Å². The molecule has 3 saturated heterocycles. The fourth-order valence-corrected chi connectivity index (χ4v) is 5.09. The molecule has 2 amide bonds. The van der Waals surface area contributed by atoms with Crippen LogP contribution in [0.15, 0.2) is 0 Å². The lowest BCUT2D eigenvalue weighted by Crippen LogP contribution is -2.59. The lowest BCUT2D eigenvalue weighted by molar-refractivity contribution is -0.133. The average molecular weight is 336 g/mol. The highest BCUT2D eigenvalue weighted by atomic mass is 16.2. The molecule has 3 fully saturated rings. The SMILES string of the molecule is CC(=O)N1CCC[C@@H](N(C)CCN2[C@@H]3CCC[C@@]2(C(N)=O)CC3)C1. The van der Waals surface area contributed by atoms with Gasteiger partial charge in [-0.25, -0.2) is 0 Å². The van der Waals surface area contributed by atoms with E-state index in [1.54, 1.807) is 6.92 Å². The molecule has 3 aliphatic rings. The maximum atomic E-state index is 12.1. The average Bonchev–Trinajstić information content (AvgIpc) is 2.77. The third-order valence-corrected chi connectivity index (χ3v) is 6.63. The van der Waals surface area contributed by atoms with Gasteiger partial charge in [0, 0.05) is 45.2 Å². The van der Waals surface area contributed by atoms with Crippen molar-refractivity contribution in [1.82, 2.24) is 14.7 Å². The van der Waals surface area contributed by atoms with Gasteiger partial charge < -0.3 is 15.5 Å². The third-order valence-electron chi connectivity index (χ3n) is 6.63. The minimum atomic E-state index is -0.387. The van der Waals surface area contributed by atoms with Gasteiger partial charge in [0.15, 0.2) is 0 Å². The molecule has 0 saturated carbocycles. The molecule has 3 atom stereocenters. The van der Waals surface area contributed by atoms with Gasteiger partial charge in [0.25, 0.3) is 0 Å². The summed E-state index contributed by atoms with van der Waals surface area (Å²) in [4.78, 5) is 30.5. The van der Waals surface area contributed by atoms with Gasteiger partial charge in [-0.3, -0.25) is 14.5 Å². The molecule has 0 spiro atoms. The van der Waals surface area contributed by atoms with Crippen molar-refractivity contribution in [3.05, 3.63) is 0 Å². The number of piperidine rings is 2. The first-order chi connectivity index (χ1) is 11.4. The van der Waals surface area contributed by atoms with Crippen LogP contribution < -0.4 is 5.73 Å². The van der Waals surface area contributed by atoms with Gasteiger partial charge >= 0.3 is 0 Å². The van der Waals surface area contributed by atoms with Crippen molar-refractivity contribution in [2.24, 2.45) is 5.73 Å². The Morgan fingerprint density at radius 3 is 2.71 bits per heavy atom. The summed E-state index contributed by atoms with van der Waals surface area (Å²) in [5.74, 6) is 0.0441.